The number of β-amino-alcohol motifs (C(OH)–C–C–N with tert-alkyl or cyclic N) is 1. The summed E-state index contributed by atoms with van der Waals surface area (Å²) in [5, 5.41) is 12.2. The van der Waals surface area contributed by atoms with Crippen LogP contribution in [0.3, 0.4) is 0 Å². The van der Waals surface area contributed by atoms with E-state index in [0.717, 1.165) is 32.7 Å². The average Bonchev–Trinajstić information content (AvgIpc) is 2.54. The molecule has 1 aliphatic heterocycles. The molecule has 11 heteroatoms. The van der Waals surface area contributed by atoms with Gasteiger partial charge in [0.25, 0.3) is 0 Å². The fourth-order valence-electron chi connectivity index (χ4n) is 2.42. The first-order valence-corrected chi connectivity index (χ1v) is 9.23. The van der Waals surface area contributed by atoms with E-state index in [9.17, 15) is 0 Å². The van der Waals surface area contributed by atoms with Gasteiger partial charge in [-0.3, -0.25) is 4.90 Å². The van der Waals surface area contributed by atoms with Gasteiger partial charge in [-0.2, -0.15) is 15.0 Å². The van der Waals surface area contributed by atoms with Gasteiger partial charge in [-0.05, 0) is 14.1 Å². The van der Waals surface area contributed by atoms with Crippen molar-refractivity contribution in [2.24, 2.45) is 0 Å². The van der Waals surface area contributed by atoms with Crippen LogP contribution in [-0.2, 0) is 3.79 Å². The number of likely N-dealkylation sites (N-methyl/N-ethyl adjacent to an activating group) is 1. The van der Waals surface area contributed by atoms with Gasteiger partial charge in [-0.15, -0.1) is 0 Å². The Kier molecular flexibility index (Phi) is 7.72. The molecule has 0 spiro atoms. The highest BCUT2D eigenvalue weighted by atomic mass is 35.6. The number of alkyl halides is 3. The first-order valence-electron chi connectivity index (χ1n) is 8.09. The molecule has 1 fully saturated rings. The summed E-state index contributed by atoms with van der Waals surface area (Å²) in [6, 6.07) is 0. The fraction of sp³-hybridized carbons (Fsp3) is 0.786. The van der Waals surface area contributed by atoms with Crippen LogP contribution in [0.2, 0.25) is 0 Å². The average molecular weight is 413 g/mol. The number of nitrogens with one attached hydrogen (secondary N) is 1. The lowest BCUT2D eigenvalue weighted by molar-refractivity contribution is 0.188. The van der Waals surface area contributed by atoms with Crippen LogP contribution in [0.15, 0.2) is 0 Å². The van der Waals surface area contributed by atoms with E-state index >= 15 is 0 Å². The molecule has 1 aromatic rings. The van der Waals surface area contributed by atoms with Crippen molar-refractivity contribution >= 4 is 46.7 Å². The Morgan fingerprint density at radius 1 is 1.12 bits per heavy atom. The number of rotatable bonds is 7. The van der Waals surface area contributed by atoms with Crippen molar-refractivity contribution in [3.05, 3.63) is 5.82 Å². The Morgan fingerprint density at radius 2 is 1.80 bits per heavy atom. The standard InChI is InChI=1S/C14H24Cl3N7O/c1-22(2)4-3-18-12-19-11(14(15,16)17)20-13(21-12)24-7-5-23(6-8-24)9-10-25/h25H,3-10H2,1-2H3,(H,18,19,20,21). The normalized spacial score (nSPS) is 16.5. The molecule has 2 heterocycles. The predicted octanol–water partition coefficient (Wildman–Crippen LogP) is 0.786. The molecule has 0 aromatic carbocycles. The van der Waals surface area contributed by atoms with Crippen molar-refractivity contribution in [1.29, 1.82) is 0 Å². The largest absolute Gasteiger partial charge is 0.395 e. The molecule has 8 nitrogen and oxygen atoms in total. The molecule has 2 N–H and O–H groups in total. The second-order valence-electron chi connectivity index (χ2n) is 6.06. The summed E-state index contributed by atoms with van der Waals surface area (Å²) in [5.41, 5.74) is 0. The summed E-state index contributed by atoms with van der Waals surface area (Å²) >= 11 is 17.9. The monoisotopic (exact) mass is 411 g/mol. The predicted molar refractivity (Wildman–Crippen MR) is 102 cm³/mol. The van der Waals surface area contributed by atoms with Gasteiger partial charge < -0.3 is 20.2 Å². The minimum Gasteiger partial charge on any atom is -0.395 e. The van der Waals surface area contributed by atoms with Gasteiger partial charge in [0.1, 0.15) is 0 Å². The highest BCUT2D eigenvalue weighted by Gasteiger charge is 2.30. The summed E-state index contributed by atoms with van der Waals surface area (Å²) in [6.07, 6.45) is 0. The molecule has 0 atom stereocenters. The molecular formula is C14H24Cl3N7O. The van der Waals surface area contributed by atoms with Gasteiger partial charge in [0.2, 0.25) is 15.7 Å². The lowest BCUT2D eigenvalue weighted by Gasteiger charge is -2.34. The van der Waals surface area contributed by atoms with E-state index in [-0.39, 0.29) is 12.4 Å². The van der Waals surface area contributed by atoms with Gasteiger partial charge in [0.15, 0.2) is 5.82 Å². The molecule has 0 amide bonds. The number of aliphatic hydroxyl groups is 1. The molecule has 0 bridgehead atoms. The molecule has 1 aliphatic rings. The van der Waals surface area contributed by atoms with Crippen LogP contribution in [-0.4, -0.2) is 96.4 Å². The Morgan fingerprint density at radius 3 is 2.36 bits per heavy atom. The highest BCUT2D eigenvalue weighted by Crippen LogP contribution is 2.36. The third-order valence-electron chi connectivity index (χ3n) is 3.79. The van der Waals surface area contributed by atoms with Crippen molar-refractivity contribution in [2.45, 2.75) is 3.79 Å². The maximum atomic E-state index is 9.04. The maximum Gasteiger partial charge on any atom is 0.250 e. The first-order chi connectivity index (χ1) is 11.8. The summed E-state index contributed by atoms with van der Waals surface area (Å²) in [4.78, 5) is 19.3. The number of nitrogens with zero attached hydrogens (tertiary/aromatic N) is 6. The molecule has 2 rings (SSSR count). The van der Waals surface area contributed by atoms with Crippen molar-refractivity contribution < 1.29 is 5.11 Å². The van der Waals surface area contributed by atoms with E-state index in [1.165, 1.54) is 0 Å². The van der Waals surface area contributed by atoms with Gasteiger partial charge in [-0.1, -0.05) is 34.8 Å². The highest BCUT2D eigenvalue weighted by molar-refractivity contribution is 6.66. The second kappa shape index (κ2) is 9.34. The van der Waals surface area contributed by atoms with E-state index in [1.807, 2.05) is 23.9 Å². The lowest BCUT2D eigenvalue weighted by Crippen LogP contribution is -2.48. The van der Waals surface area contributed by atoms with Gasteiger partial charge >= 0.3 is 0 Å². The zero-order valence-electron chi connectivity index (χ0n) is 14.4. The van der Waals surface area contributed by atoms with Crippen molar-refractivity contribution in [1.82, 2.24) is 24.8 Å². The number of aromatic nitrogens is 3. The van der Waals surface area contributed by atoms with Crippen LogP contribution in [0.1, 0.15) is 5.82 Å². The summed E-state index contributed by atoms with van der Waals surface area (Å²) in [6.45, 7) is 5.42. The summed E-state index contributed by atoms with van der Waals surface area (Å²) < 4.78 is -1.71. The van der Waals surface area contributed by atoms with Crippen LogP contribution >= 0.6 is 34.8 Å². The number of hydrogen-bond donors (Lipinski definition) is 2. The summed E-state index contributed by atoms with van der Waals surface area (Å²) in [7, 11) is 3.97. The van der Waals surface area contributed by atoms with Crippen LogP contribution in [0, 0.1) is 0 Å². The number of anilines is 2. The minimum atomic E-state index is -1.71. The third-order valence-corrected chi connectivity index (χ3v) is 4.30. The Balaban J connectivity index is 2.13. The lowest BCUT2D eigenvalue weighted by atomic mass is 10.3. The topological polar surface area (TPSA) is 80.7 Å². The number of aliphatic hydroxyl groups excluding tert-OH is 1. The molecule has 1 aromatic heterocycles. The van der Waals surface area contributed by atoms with E-state index in [4.69, 9.17) is 39.9 Å². The van der Waals surface area contributed by atoms with E-state index in [1.54, 1.807) is 0 Å². The summed E-state index contributed by atoms with van der Waals surface area (Å²) in [5.74, 6) is 0.992. The van der Waals surface area contributed by atoms with Gasteiger partial charge in [-0.25, -0.2) is 0 Å². The van der Waals surface area contributed by atoms with Crippen molar-refractivity contribution in [3.63, 3.8) is 0 Å². The zero-order valence-corrected chi connectivity index (χ0v) is 16.7. The molecule has 0 unspecified atom stereocenters. The van der Waals surface area contributed by atoms with Gasteiger partial charge in [0.05, 0.1) is 6.61 Å². The zero-order chi connectivity index (χ0) is 18.4. The molecule has 0 aliphatic carbocycles. The Labute approximate surface area is 163 Å². The molecule has 1 saturated heterocycles. The van der Waals surface area contributed by atoms with E-state index in [0.29, 0.717) is 25.0 Å². The van der Waals surface area contributed by atoms with Gasteiger partial charge in [0, 0.05) is 45.8 Å². The minimum absolute atomic E-state index is 0.104. The SMILES string of the molecule is CN(C)CCNc1nc(N2CCN(CCO)CC2)nc(C(Cl)(Cl)Cl)n1. The quantitative estimate of drug-likeness (QED) is 0.636. The maximum absolute atomic E-state index is 9.04. The van der Waals surface area contributed by atoms with Crippen molar-refractivity contribution in [2.75, 3.05) is 76.7 Å². The van der Waals surface area contributed by atoms with E-state index in [2.05, 4.69) is 25.2 Å². The van der Waals surface area contributed by atoms with Crippen LogP contribution in [0.4, 0.5) is 11.9 Å². The smallest absolute Gasteiger partial charge is 0.250 e. The fourth-order valence-corrected chi connectivity index (χ4v) is 2.67. The number of hydrogen-bond acceptors (Lipinski definition) is 8. The molecule has 142 valence electrons. The first kappa shape index (κ1) is 20.7. The van der Waals surface area contributed by atoms with E-state index < -0.39 is 3.79 Å². The van der Waals surface area contributed by atoms with Crippen LogP contribution < -0.4 is 10.2 Å². The van der Waals surface area contributed by atoms with Crippen molar-refractivity contribution in [3.8, 4) is 0 Å². The molecule has 0 saturated carbocycles. The Bertz CT molecular complexity index is 548. The number of piperazine rings is 1. The second-order valence-corrected chi connectivity index (χ2v) is 8.34. The number of halogens is 3. The van der Waals surface area contributed by atoms with Crippen LogP contribution in [0.5, 0.6) is 0 Å². The molecule has 25 heavy (non-hydrogen) atoms. The Hall–Kier alpha value is -0.640. The molecule has 0 radical (unpaired) electrons. The molecular weight excluding hydrogens is 389 g/mol. The third kappa shape index (κ3) is 6.54. The van der Waals surface area contributed by atoms with Crippen LogP contribution in [0.25, 0.3) is 0 Å².